The number of aryl methyl sites for hydroxylation is 1. The van der Waals surface area contributed by atoms with Crippen LogP contribution in [0, 0.1) is 24.6 Å². The minimum absolute atomic E-state index is 0.0207. The molecule has 1 saturated carbocycles. The molecule has 1 aliphatic rings. The van der Waals surface area contributed by atoms with Crippen LogP contribution >= 0.6 is 0 Å². The number of hydrogen-bond donors (Lipinski definition) is 2. The Morgan fingerprint density at radius 1 is 1.07 bits per heavy atom. The van der Waals surface area contributed by atoms with Crippen LogP contribution in [0.15, 0.2) is 35.2 Å². The number of nitrogens with zero attached hydrogens (tertiary/aromatic N) is 3. The Balaban J connectivity index is 1.77. The number of halogens is 7. The minimum atomic E-state index is -5.03. The summed E-state index contributed by atoms with van der Waals surface area (Å²) in [4.78, 5) is 16.7. The molecule has 8 nitrogen and oxygen atoms in total. The van der Waals surface area contributed by atoms with Gasteiger partial charge < -0.3 is 10.1 Å². The normalized spacial score (nSPS) is 16.4. The van der Waals surface area contributed by atoms with E-state index in [0.717, 1.165) is 19.2 Å². The first-order chi connectivity index (χ1) is 18.8. The van der Waals surface area contributed by atoms with Crippen molar-refractivity contribution in [2.75, 3.05) is 11.6 Å². The van der Waals surface area contributed by atoms with E-state index in [1.54, 1.807) is 0 Å². The lowest BCUT2D eigenvalue weighted by Gasteiger charge is -2.43. The van der Waals surface area contributed by atoms with E-state index in [4.69, 9.17) is 9.52 Å². The smallest absolute Gasteiger partial charge is 0.418 e. The summed E-state index contributed by atoms with van der Waals surface area (Å²) in [6.45, 7) is 2.18. The number of carbonyl (C=O) groups excluding carboxylic acids is 1. The van der Waals surface area contributed by atoms with E-state index >= 15 is 0 Å². The molecule has 2 aromatic heterocycles. The van der Waals surface area contributed by atoms with E-state index in [9.17, 15) is 39.7 Å². The van der Waals surface area contributed by atoms with E-state index in [1.807, 2.05) is 0 Å². The molecule has 0 bridgehead atoms. The zero-order valence-corrected chi connectivity index (χ0v) is 22.4. The zero-order chi connectivity index (χ0) is 30.5. The molecule has 0 radical (unpaired) electrons. The van der Waals surface area contributed by atoms with Crippen LogP contribution in [0.25, 0.3) is 0 Å². The first kappa shape index (κ1) is 30.1. The van der Waals surface area contributed by atoms with Crippen LogP contribution in [0.3, 0.4) is 0 Å². The van der Waals surface area contributed by atoms with Crippen molar-refractivity contribution in [2.24, 2.45) is 0 Å². The molecule has 1 aliphatic carbocycles. The first-order valence-corrected chi connectivity index (χ1v) is 13.8. The van der Waals surface area contributed by atoms with E-state index in [1.165, 1.54) is 31.2 Å². The molecule has 3 aromatic rings. The average Bonchev–Trinajstić information content (AvgIpc) is 2.79. The Labute approximate surface area is 229 Å². The van der Waals surface area contributed by atoms with Crippen molar-refractivity contribution in [2.45, 2.75) is 55.8 Å². The van der Waals surface area contributed by atoms with Crippen LogP contribution < -0.4 is 10.1 Å². The van der Waals surface area contributed by atoms with Gasteiger partial charge in [0.2, 0.25) is 11.8 Å². The predicted octanol–water partition coefficient (Wildman–Crippen LogP) is 6.71. The molecule has 1 atom stereocenters. The number of nitrogens with one attached hydrogen (secondary N) is 2. The van der Waals surface area contributed by atoms with Gasteiger partial charge >= 0.3 is 12.4 Å². The van der Waals surface area contributed by atoms with Gasteiger partial charge in [0.05, 0.1) is 15.1 Å². The number of carbonyl (C=O) groups is 1. The second-order valence-electron chi connectivity index (χ2n) is 9.66. The Hall–Kier alpha value is -3.82. The lowest BCUT2D eigenvalue weighted by atomic mass is 9.64. The van der Waals surface area contributed by atoms with Gasteiger partial charge in [0.25, 0.3) is 11.8 Å². The molecule has 1 fully saturated rings. The standard InChI is InChI=1S/C25H22F7N5O3S/c1-12-10-16(23(8-5-9-23)25(30,31)32)19(26)35-21(12)40-22-17(13(2)18(36-37-22)24(27,28)29)20(38)34-14-6-4-7-15(11-14)41(3,33)39/h4,6-7,10-11,33H,5,8-9H2,1-3H3,(H,34,38). The number of ether oxygens (including phenoxy) is 1. The summed E-state index contributed by atoms with van der Waals surface area (Å²) < 4.78 is 122. The number of hydrogen-bond acceptors (Lipinski definition) is 7. The topological polar surface area (TPSA) is 118 Å². The molecule has 41 heavy (non-hydrogen) atoms. The highest BCUT2D eigenvalue weighted by Gasteiger charge is 2.60. The Bertz CT molecular complexity index is 1640. The number of alkyl halides is 6. The molecule has 2 heterocycles. The van der Waals surface area contributed by atoms with Crippen molar-refractivity contribution in [3.8, 4) is 11.8 Å². The van der Waals surface area contributed by atoms with Crippen LogP contribution in [-0.4, -0.2) is 37.7 Å². The van der Waals surface area contributed by atoms with Crippen molar-refractivity contribution in [3.63, 3.8) is 0 Å². The van der Waals surface area contributed by atoms with Crippen molar-refractivity contribution in [3.05, 3.63) is 64.2 Å². The van der Waals surface area contributed by atoms with Gasteiger partial charge in [-0.2, -0.15) is 35.7 Å². The highest BCUT2D eigenvalue weighted by Crippen LogP contribution is 2.55. The van der Waals surface area contributed by atoms with Crippen molar-refractivity contribution in [1.82, 2.24) is 15.2 Å². The fourth-order valence-electron chi connectivity index (χ4n) is 4.46. The predicted molar refractivity (Wildman–Crippen MR) is 132 cm³/mol. The Morgan fingerprint density at radius 3 is 2.27 bits per heavy atom. The molecule has 1 aromatic carbocycles. The lowest BCUT2D eigenvalue weighted by molar-refractivity contribution is -0.213. The maximum atomic E-state index is 15.0. The van der Waals surface area contributed by atoms with Gasteiger partial charge in [-0.1, -0.05) is 12.5 Å². The number of rotatable bonds is 6. The third-order valence-corrected chi connectivity index (χ3v) is 7.95. The number of pyridine rings is 1. The van der Waals surface area contributed by atoms with E-state index in [2.05, 4.69) is 20.5 Å². The van der Waals surface area contributed by atoms with Gasteiger partial charge in [-0.15, -0.1) is 10.2 Å². The third-order valence-electron chi connectivity index (χ3n) is 6.80. The summed E-state index contributed by atoms with van der Waals surface area (Å²) in [5.41, 5.74) is -6.21. The summed E-state index contributed by atoms with van der Waals surface area (Å²) >= 11 is 0. The molecule has 4 rings (SSSR count). The number of benzene rings is 1. The average molecular weight is 606 g/mol. The summed E-state index contributed by atoms with van der Waals surface area (Å²) in [6, 6.07) is 6.16. The SMILES string of the molecule is Cc1cc(C2(C(F)(F)F)CCC2)c(F)nc1Oc1nnc(C(F)(F)F)c(C)c1C(=O)Nc1cccc(S(C)(=N)=O)c1. The van der Waals surface area contributed by atoms with E-state index < -0.39 is 73.5 Å². The Kier molecular flexibility index (Phi) is 7.52. The monoisotopic (exact) mass is 605 g/mol. The first-order valence-electron chi connectivity index (χ1n) is 11.9. The van der Waals surface area contributed by atoms with Crippen LogP contribution in [0.4, 0.5) is 36.4 Å². The summed E-state index contributed by atoms with van der Waals surface area (Å²) in [5, 5.41) is 8.77. The molecule has 1 unspecified atom stereocenters. The molecular weight excluding hydrogens is 583 g/mol. The fraction of sp³-hybridized carbons (Fsp3) is 0.360. The quantitative estimate of drug-likeness (QED) is 0.238. The van der Waals surface area contributed by atoms with Gasteiger partial charge in [-0.05, 0) is 56.5 Å². The van der Waals surface area contributed by atoms with Crippen LogP contribution in [0.5, 0.6) is 11.8 Å². The molecule has 0 spiro atoms. The summed E-state index contributed by atoms with van der Waals surface area (Å²) in [5.74, 6) is -4.11. The second kappa shape index (κ2) is 10.2. The molecular formula is C25H22F7N5O3S. The number of aromatic nitrogens is 3. The van der Waals surface area contributed by atoms with Crippen molar-refractivity contribution in [1.29, 1.82) is 4.78 Å². The van der Waals surface area contributed by atoms with E-state index in [-0.39, 0.29) is 35.4 Å². The molecule has 16 heteroatoms. The second-order valence-corrected chi connectivity index (χ2v) is 11.8. The third kappa shape index (κ3) is 5.69. The Morgan fingerprint density at radius 2 is 1.73 bits per heavy atom. The van der Waals surface area contributed by atoms with Gasteiger partial charge in [-0.3, -0.25) is 4.79 Å². The van der Waals surface area contributed by atoms with Gasteiger partial charge in [-0.25, -0.2) is 8.99 Å². The molecule has 0 saturated heterocycles. The van der Waals surface area contributed by atoms with Crippen LogP contribution in [0.2, 0.25) is 0 Å². The van der Waals surface area contributed by atoms with Crippen LogP contribution in [0.1, 0.15) is 52.0 Å². The molecule has 1 amide bonds. The van der Waals surface area contributed by atoms with Gasteiger partial charge in [0.15, 0.2) is 5.69 Å². The van der Waals surface area contributed by atoms with Gasteiger partial charge in [0.1, 0.15) is 5.56 Å². The summed E-state index contributed by atoms with van der Waals surface area (Å²) in [6.07, 6.45) is -9.08. The summed E-state index contributed by atoms with van der Waals surface area (Å²) in [7, 11) is -3.20. The molecule has 2 N–H and O–H groups in total. The highest BCUT2D eigenvalue weighted by atomic mass is 32.2. The fourth-order valence-corrected chi connectivity index (χ4v) is 5.15. The van der Waals surface area contributed by atoms with Crippen molar-refractivity contribution < 1.29 is 44.5 Å². The largest absolute Gasteiger partial charge is 0.435 e. The highest BCUT2D eigenvalue weighted by molar-refractivity contribution is 7.91. The molecule has 220 valence electrons. The maximum absolute atomic E-state index is 15.0. The van der Waals surface area contributed by atoms with Gasteiger partial charge in [0, 0.05) is 28.0 Å². The minimum Gasteiger partial charge on any atom is -0.418 e. The lowest BCUT2D eigenvalue weighted by Crippen LogP contribution is -2.48. The van der Waals surface area contributed by atoms with E-state index in [0.29, 0.717) is 0 Å². The zero-order valence-electron chi connectivity index (χ0n) is 21.6. The van der Waals surface area contributed by atoms with Crippen LogP contribution in [-0.2, 0) is 21.3 Å². The maximum Gasteiger partial charge on any atom is 0.435 e. The van der Waals surface area contributed by atoms with Crippen molar-refractivity contribution >= 4 is 21.3 Å². The molecule has 0 aliphatic heterocycles. The number of anilines is 1. The number of amides is 1.